The third kappa shape index (κ3) is 5.57. The average Bonchev–Trinajstić information content (AvgIpc) is 3.80. The number of methoxy groups -OCH3 is 1. The SMILES string of the molecule is [B]N1C[C@H](Oc2nccc3cc(OC)ccc23)C[C@H]1C(=O)N[C@]1(C(=O)NS(=O)(=O)OC2(CC)CC2)C[C@H]1CC. The fourth-order valence-electron chi connectivity index (χ4n) is 5.38. The van der Waals surface area contributed by atoms with Gasteiger partial charge in [-0.25, -0.2) is 13.9 Å². The van der Waals surface area contributed by atoms with Crippen LogP contribution in [0.5, 0.6) is 11.6 Å². The molecule has 5 rings (SSSR count). The second kappa shape index (κ2) is 10.3. The Morgan fingerprint density at radius 3 is 2.64 bits per heavy atom. The maximum atomic E-state index is 13.3. The van der Waals surface area contributed by atoms with Crippen LogP contribution in [-0.4, -0.2) is 74.9 Å². The minimum absolute atomic E-state index is 0.200. The first kappa shape index (κ1) is 27.7. The Labute approximate surface area is 229 Å². The van der Waals surface area contributed by atoms with Crippen molar-refractivity contribution in [3.8, 4) is 11.6 Å². The number of carbonyl (C=O) groups is 2. The molecule has 2 saturated carbocycles. The third-order valence-corrected chi connectivity index (χ3v) is 9.13. The molecule has 2 amide bonds. The predicted molar refractivity (Wildman–Crippen MR) is 143 cm³/mol. The van der Waals surface area contributed by atoms with E-state index >= 15 is 0 Å². The lowest BCUT2D eigenvalue weighted by molar-refractivity contribution is -0.131. The summed E-state index contributed by atoms with van der Waals surface area (Å²) in [6.45, 7) is 3.99. The zero-order valence-corrected chi connectivity index (χ0v) is 23.1. The highest BCUT2D eigenvalue weighted by molar-refractivity contribution is 7.85. The molecule has 0 unspecified atom stereocenters. The van der Waals surface area contributed by atoms with E-state index in [1.54, 1.807) is 13.3 Å². The van der Waals surface area contributed by atoms with Gasteiger partial charge in [0.1, 0.15) is 17.4 Å². The second-order valence-corrected chi connectivity index (χ2v) is 11.9. The van der Waals surface area contributed by atoms with Gasteiger partial charge in [-0.15, -0.1) is 0 Å². The molecule has 11 nitrogen and oxygen atoms in total. The summed E-state index contributed by atoms with van der Waals surface area (Å²) in [5, 5.41) is 4.50. The summed E-state index contributed by atoms with van der Waals surface area (Å²) in [4.78, 5) is 32.2. The van der Waals surface area contributed by atoms with E-state index in [2.05, 4.69) is 10.3 Å². The number of nitrogens with zero attached hydrogens (tertiary/aromatic N) is 2. The highest BCUT2D eigenvalue weighted by Crippen LogP contribution is 2.47. The number of amides is 2. The van der Waals surface area contributed by atoms with Crippen LogP contribution in [0.15, 0.2) is 30.5 Å². The van der Waals surface area contributed by atoms with Crippen LogP contribution in [0.4, 0.5) is 0 Å². The molecule has 0 spiro atoms. The maximum absolute atomic E-state index is 13.3. The van der Waals surface area contributed by atoms with E-state index in [0.29, 0.717) is 43.7 Å². The molecule has 1 aliphatic heterocycles. The normalized spacial score (nSPS) is 27.6. The van der Waals surface area contributed by atoms with Crippen LogP contribution in [0.3, 0.4) is 0 Å². The van der Waals surface area contributed by atoms with Crippen molar-refractivity contribution in [2.24, 2.45) is 5.92 Å². The number of hydrogen-bond donors (Lipinski definition) is 2. The minimum Gasteiger partial charge on any atom is -0.497 e. The number of benzene rings is 1. The van der Waals surface area contributed by atoms with Gasteiger partial charge in [-0.2, -0.15) is 8.42 Å². The van der Waals surface area contributed by atoms with E-state index in [9.17, 15) is 18.0 Å². The van der Waals surface area contributed by atoms with Crippen molar-refractivity contribution >= 4 is 40.9 Å². The number of fused-ring (bicyclic) bond motifs is 1. The first-order valence-corrected chi connectivity index (χ1v) is 14.6. The van der Waals surface area contributed by atoms with Crippen molar-refractivity contribution in [2.75, 3.05) is 13.7 Å². The molecule has 13 heteroatoms. The number of rotatable bonds is 11. The summed E-state index contributed by atoms with van der Waals surface area (Å²) in [6.07, 6.45) is 4.18. The van der Waals surface area contributed by atoms with Crippen molar-refractivity contribution in [1.82, 2.24) is 19.8 Å². The molecule has 1 aromatic carbocycles. The molecule has 39 heavy (non-hydrogen) atoms. The van der Waals surface area contributed by atoms with Gasteiger partial charge in [0.2, 0.25) is 11.8 Å². The first-order chi connectivity index (χ1) is 18.5. The fraction of sp³-hybridized carbons (Fsp3) is 0.577. The van der Waals surface area contributed by atoms with Crippen molar-refractivity contribution in [2.45, 2.75) is 75.7 Å². The summed E-state index contributed by atoms with van der Waals surface area (Å²) in [5.41, 5.74) is -2.07. The van der Waals surface area contributed by atoms with Gasteiger partial charge in [-0.1, -0.05) is 20.3 Å². The van der Waals surface area contributed by atoms with E-state index < -0.39 is 45.4 Å². The topological polar surface area (TPSA) is 136 Å². The van der Waals surface area contributed by atoms with Crippen LogP contribution in [0, 0.1) is 5.92 Å². The first-order valence-electron chi connectivity index (χ1n) is 13.2. The molecule has 2 radical (unpaired) electrons. The lowest BCUT2D eigenvalue weighted by atomic mass is 10.1. The van der Waals surface area contributed by atoms with Gasteiger partial charge in [0.15, 0.2) is 7.98 Å². The molecular formula is C26H33BN4O7S. The lowest BCUT2D eigenvalue weighted by Gasteiger charge is -2.24. The zero-order chi connectivity index (χ0) is 28.0. The molecule has 1 saturated heterocycles. The largest absolute Gasteiger partial charge is 0.497 e. The summed E-state index contributed by atoms with van der Waals surface area (Å²) in [6, 6.07) is 6.65. The molecule has 2 aliphatic carbocycles. The maximum Gasteiger partial charge on any atom is 0.362 e. The number of pyridine rings is 1. The zero-order valence-electron chi connectivity index (χ0n) is 22.3. The van der Waals surface area contributed by atoms with Gasteiger partial charge < -0.3 is 19.6 Å². The van der Waals surface area contributed by atoms with Crippen molar-refractivity contribution < 1.29 is 31.7 Å². The molecule has 0 bridgehead atoms. The summed E-state index contributed by atoms with van der Waals surface area (Å²) >= 11 is 0. The predicted octanol–water partition coefficient (Wildman–Crippen LogP) is 1.75. The summed E-state index contributed by atoms with van der Waals surface area (Å²) in [5.74, 6) is -0.320. The Balaban J connectivity index is 1.24. The van der Waals surface area contributed by atoms with E-state index in [1.807, 2.05) is 42.8 Å². The van der Waals surface area contributed by atoms with Crippen molar-refractivity contribution in [3.63, 3.8) is 0 Å². The highest BCUT2D eigenvalue weighted by Gasteiger charge is 2.62. The number of ether oxygens (including phenoxy) is 2. The Bertz CT molecular complexity index is 1390. The molecule has 208 valence electrons. The van der Waals surface area contributed by atoms with Crippen molar-refractivity contribution in [1.29, 1.82) is 0 Å². The molecule has 2 N–H and O–H groups in total. The van der Waals surface area contributed by atoms with Crippen LogP contribution >= 0.6 is 0 Å². The van der Waals surface area contributed by atoms with Crippen LogP contribution in [0.2, 0.25) is 0 Å². The van der Waals surface area contributed by atoms with Crippen LogP contribution in [0.25, 0.3) is 10.8 Å². The Kier molecular flexibility index (Phi) is 7.27. The Morgan fingerprint density at radius 2 is 2.00 bits per heavy atom. The fourth-order valence-corrected chi connectivity index (χ4v) is 6.58. The van der Waals surface area contributed by atoms with E-state index in [4.69, 9.17) is 21.6 Å². The van der Waals surface area contributed by atoms with E-state index in [1.165, 1.54) is 4.81 Å². The van der Waals surface area contributed by atoms with Crippen LogP contribution in [-0.2, 0) is 24.1 Å². The van der Waals surface area contributed by atoms with Crippen LogP contribution in [0.1, 0.15) is 52.4 Å². The molecule has 1 aromatic heterocycles. The van der Waals surface area contributed by atoms with Gasteiger partial charge in [0.25, 0.3) is 5.91 Å². The summed E-state index contributed by atoms with van der Waals surface area (Å²) < 4.78 is 43.8. The second-order valence-electron chi connectivity index (χ2n) is 10.7. The van der Waals surface area contributed by atoms with Crippen LogP contribution < -0.4 is 19.5 Å². The van der Waals surface area contributed by atoms with E-state index in [-0.39, 0.29) is 18.9 Å². The lowest BCUT2D eigenvalue weighted by Crippen LogP contribution is -2.56. The number of hydrogen-bond acceptors (Lipinski definition) is 9. The van der Waals surface area contributed by atoms with Gasteiger partial charge in [0.05, 0.1) is 18.8 Å². The van der Waals surface area contributed by atoms with Gasteiger partial charge in [-0.05, 0) is 61.3 Å². The number of carbonyl (C=O) groups excluding carboxylic acids is 2. The Hall–Kier alpha value is -2.90. The molecule has 2 heterocycles. The molecular weight excluding hydrogens is 523 g/mol. The van der Waals surface area contributed by atoms with E-state index in [0.717, 1.165) is 10.8 Å². The number of aromatic nitrogens is 1. The Morgan fingerprint density at radius 1 is 1.23 bits per heavy atom. The highest BCUT2D eigenvalue weighted by atomic mass is 32.2. The summed E-state index contributed by atoms with van der Waals surface area (Å²) in [7, 11) is 3.47. The van der Waals surface area contributed by atoms with Crippen molar-refractivity contribution in [3.05, 3.63) is 30.5 Å². The van der Waals surface area contributed by atoms with Gasteiger partial charge >= 0.3 is 10.3 Å². The van der Waals surface area contributed by atoms with Gasteiger partial charge in [0, 0.05) is 24.5 Å². The van der Waals surface area contributed by atoms with Gasteiger partial charge in [-0.3, -0.25) is 9.59 Å². The molecule has 4 atom stereocenters. The smallest absolute Gasteiger partial charge is 0.362 e. The minimum atomic E-state index is -4.32. The average molecular weight is 556 g/mol. The monoisotopic (exact) mass is 556 g/mol. The standard InChI is InChI=1S/C26H33BN4O7S/c1-4-17-14-26(17,24(33)30-39(34,35)38-25(5-2)9-10-25)29-22(32)21-13-19(15-31(21)27)37-23-20-7-6-18(36-3)12-16(20)8-11-28-23/h6-8,11-12,17,19,21H,4-5,9-10,13-15H2,1-3H3,(H,29,32)(H,30,33)/t17-,19-,21+,26-/m1/s1. The number of nitrogens with one attached hydrogen (secondary N) is 2. The molecule has 2 aromatic rings. The molecule has 3 aliphatic rings. The molecule has 3 fully saturated rings. The quantitative estimate of drug-likeness (QED) is 0.397. The third-order valence-electron chi connectivity index (χ3n) is 8.12.